The Kier molecular flexibility index (Phi) is 5.76. The predicted molar refractivity (Wildman–Crippen MR) is 87.7 cm³/mol. The Labute approximate surface area is 127 Å². The number of hydrogen-bond donors (Lipinski definition) is 2. The van der Waals surface area contributed by atoms with Crippen molar-refractivity contribution >= 4 is 11.6 Å². The van der Waals surface area contributed by atoms with E-state index in [9.17, 15) is 4.79 Å². The number of anilines is 1. The van der Waals surface area contributed by atoms with E-state index in [2.05, 4.69) is 48.4 Å². The lowest BCUT2D eigenvalue weighted by atomic mass is 9.99. The highest BCUT2D eigenvalue weighted by atomic mass is 16.2. The Bertz CT molecular complexity index is 458. The molecular weight excluding hydrogens is 262 g/mol. The lowest BCUT2D eigenvalue weighted by Crippen LogP contribution is -2.51. The molecule has 21 heavy (non-hydrogen) atoms. The van der Waals surface area contributed by atoms with Crippen LogP contribution >= 0.6 is 0 Å². The van der Waals surface area contributed by atoms with Crippen molar-refractivity contribution in [2.45, 2.75) is 39.2 Å². The zero-order chi connectivity index (χ0) is 15.2. The smallest absolute Gasteiger partial charge is 0.238 e. The molecule has 0 bridgehead atoms. The predicted octanol–water partition coefficient (Wildman–Crippen LogP) is 2.43. The third-order valence-corrected chi connectivity index (χ3v) is 4.36. The summed E-state index contributed by atoms with van der Waals surface area (Å²) in [6.45, 7) is 9.88. The topological polar surface area (TPSA) is 44.4 Å². The van der Waals surface area contributed by atoms with Crippen molar-refractivity contribution in [2.75, 3.05) is 31.5 Å². The maximum atomic E-state index is 12.1. The van der Waals surface area contributed by atoms with E-state index in [1.807, 2.05) is 12.1 Å². The van der Waals surface area contributed by atoms with Crippen molar-refractivity contribution < 1.29 is 4.79 Å². The van der Waals surface area contributed by atoms with Gasteiger partial charge in [-0.25, -0.2) is 0 Å². The van der Waals surface area contributed by atoms with Crippen LogP contribution < -0.4 is 10.6 Å². The SMILES string of the molecule is CCC(C)c1ccc(NC(=O)CN2CCNC[C@@H]2C)cc1. The van der Waals surface area contributed by atoms with Crippen molar-refractivity contribution in [1.82, 2.24) is 10.2 Å². The number of nitrogens with zero attached hydrogens (tertiary/aromatic N) is 1. The minimum absolute atomic E-state index is 0.0695. The number of carbonyl (C=O) groups is 1. The maximum Gasteiger partial charge on any atom is 0.238 e. The lowest BCUT2D eigenvalue weighted by molar-refractivity contribution is -0.118. The van der Waals surface area contributed by atoms with Gasteiger partial charge in [-0.15, -0.1) is 0 Å². The lowest BCUT2D eigenvalue weighted by Gasteiger charge is -2.33. The summed E-state index contributed by atoms with van der Waals surface area (Å²) in [5, 5.41) is 6.33. The first-order valence-electron chi connectivity index (χ1n) is 7.94. The fourth-order valence-corrected chi connectivity index (χ4v) is 2.63. The molecule has 116 valence electrons. The normalized spacial score (nSPS) is 21.0. The van der Waals surface area contributed by atoms with Crippen LogP contribution in [0.15, 0.2) is 24.3 Å². The molecule has 0 radical (unpaired) electrons. The highest BCUT2D eigenvalue weighted by Gasteiger charge is 2.20. The molecule has 1 unspecified atom stereocenters. The van der Waals surface area contributed by atoms with Crippen LogP contribution in [0.3, 0.4) is 0 Å². The van der Waals surface area contributed by atoms with Gasteiger partial charge in [-0.05, 0) is 37.0 Å². The van der Waals surface area contributed by atoms with Gasteiger partial charge in [-0.3, -0.25) is 9.69 Å². The van der Waals surface area contributed by atoms with Gasteiger partial charge in [0.2, 0.25) is 5.91 Å². The summed E-state index contributed by atoms with van der Waals surface area (Å²) < 4.78 is 0. The zero-order valence-electron chi connectivity index (χ0n) is 13.4. The number of amides is 1. The average molecular weight is 289 g/mol. The first kappa shape index (κ1) is 16.0. The van der Waals surface area contributed by atoms with Crippen LogP contribution in [0.5, 0.6) is 0 Å². The van der Waals surface area contributed by atoms with Gasteiger partial charge in [-0.1, -0.05) is 26.0 Å². The largest absolute Gasteiger partial charge is 0.325 e. The molecule has 2 atom stereocenters. The number of hydrogen-bond acceptors (Lipinski definition) is 3. The van der Waals surface area contributed by atoms with E-state index in [0.717, 1.165) is 31.7 Å². The van der Waals surface area contributed by atoms with Crippen LogP contribution in [-0.2, 0) is 4.79 Å². The van der Waals surface area contributed by atoms with E-state index in [0.29, 0.717) is 18.5 Å². The zero-order valence-corrected chi connectivity index (χ0v) is 13.4. The number of benzene rings is 1. The minimum atomic E-state index is 0.0695. The summed E-state index contributed by atoms with van der Waals surface area (Å²) in [5.74, 6) is 0.636. The van der Waals surface area contributed by atoms with Gasteiger partial charge in [0.1, 0.15) is 0 Å². The summed E-state index contributed by atoms with van der Waals surface area (Å²) in [6, 6.07) is 8.63. The number of rotatable bonds is 5. The Morgan fingerprint density at radius 3 is 2.76 bits per heavy atom. The summed E-state index contributed by atoms with van der Waals surface area (Å²) in [7, 11) is 0. The molecule has 0 aliphatic carbocycles. The van der Waals surface area contributed by atoms with Crippen LogP contribution in [0, 0.1) is 0 Å². The van der Waals surface area contributed by atoms with Crippen molar-refractivity contribution in [3.63, 3.8) is 0 Å². The van der Waals surface area contributed by atoms with E-state index in [1.54, 1.807) is 0 Å². The summed E-state index contributed by atoms with van der Waals surface area (Å²) in [4.78, 5) is 14.3. The van der Waals surface area contributed by atoms with Crippen LogP contribution in [0.4, 0.5) is 5.69 Å². The molecule has 4 heteroatoms. The molecule has 1 amide bonds. The van der Waals surface area contributed by atoms with Gasteiger partial charge in [0.05, 0.1) is 6.54 Å². The highest BCUT2D eigenvalue weighted by Crippen LogP contribution is 2.20. The second-order valence-electron chi connectivity index (χ2n) is 6.00. The Hall–Kier alpha value is -1.39. The summed E-state index contributed by atoms with van der Waals surface area (Å²) in [5.41, 5.74) is 2.21. The summed E-state index contributed by atoms with van der Waals surface area (Å²) in [6.07, 6.45) is 1.13. The second-order valence-corrected chi connectivity index (χ2v) is 6.00. The van der Waals surface area contributed by atoms with Crippen molar-refractivity contribution in [3.05, 3.63) is 29.8 Å². The van der Waals surface area contributed by atoms with Gasteiger partial charge < -0.3 is 10.6 Å². The minimum Gasteiger partial charge on any atom is -0.325 e. The van der Waals surface area contributed by atoms with E-state index in [4.69, 9.17) is 0 Å². The van der Waals surface area contributed by atoms with E-state index < -0.39 is 0 Å². The number of nitrogens with one attached hydrogen (secondary N) is 2. The van der Waals surface area contributed by atoms with Gasteiger partial charge in [-0.2, -0.15) is 0 Å². The molecule has 1 heterocycles. The maximum absolute atomic E-state index is 12.1. The molecule has 4 nitrogen and oxygen atoms in total. The fourth-order valence-electron chi connectivity index (χ4n) is 2.63. The second kappa shape index (κ2) is 7.57. The monoisotopic (exact) mass is 289 g/mol. The molecule has 0 saturated carbocycles. The molecule has 2 rings (SSSR count). The van der Waals surface area contributed by atoms with Gasteiger partial charge in [0.15, 0.2) is 0 Å². The Morgan fingerprint density at radius 2 is 2.14 bits per heavy atom. The number of piperazine rings is 1. The molecule has 2 N–H and O–H groups in total. The van der Waals surface area contributed by atoms with Gasteiger partial charge >= 0.3 is 0 Å². The van der Waals surface area contributed by atoms with Gasteiger partial charge in [0.25, 0.3) is 0 Å². The standard InChI is InChI=1S/C17H27N3O/c1-4-13(2)15-5-7-16(8-6-15)19-17(21)12-20-10-9-18-11-14(20)3/h5-8,13-14,18H,4,9-12H2,1-3H3,(H,19,21)/t13?,14-/m0/s1. The molecule has 1 aromatic rings. The van der Waals surface area contributed by atoms with Crippen LogP contribution in [0.2, 0.25) is 0 Å². The van der Waals surface area contributed by atoms with Crippen LogP contribution in [0.1, 0.15) is 38.7 Å². The average Bonchev–Trinajstić information content (AvgIpc) is 2.49. The van der Waals surface area contributed by atoms with Crippen molar-refractivity contribution in [2.24, 2.45) is 0 Å². The summed E-state index contributed by atoms with van der Waals surface area (Å²) >= 11 is 0. The van der Waals surface area contributed by atoms with Crippen molar-refractivity contribution in [3.8, 4) is 0 Å². The third-order valence-electron chi connectivity index (χ3n) is 4.36. The number of carbonyl (C=O) groups excluding carboxylic acids is 1. The molecule has 1 aromatic carbocycles. The third kappa shape index (κ3) is 4.55. The molecule has 0 aromatic heterocycles. The molecular formula is C17H27N3O. The molecule has 0 spiro atoms. The Balaban J connectivity index is 1.87. The van der Waals surface area contributed by atoms with E-state index >= 15 is 0 Å². The quantitative estimate of drug-likeness (QED) is 0.875. The fraction of sp³-hybridized carbons (Fsp3) is 0.588. The highest BCUT2D eigenvalue weighted by molar-refractivity contribution is 5.92. The molecule has 1 aliphatic rings. The van der Waals surface area contributed by atoms with E-state index in [1.165, 1.54) is 5.56 Å². The van der Waals surface area contributed by atoms with Crippen molar-refractivity contribution in [1.29, 1.82) is 0 Å². The van der Waals surface area contributed by atoms with Gasteiger partial charge in [0, 0.05) is 31.4 Å². The first-order valence-corrected chi connectivity index (χ1v) is 7.94. The first-order chi connectivity index (χ1) is 10.1. The molecule has 1 saturated heterocycles. The Morgan fingerprint density at radius 1 is 1.43 bits per heavy atom. The van der Waals surface area contributed by atoms with E-state index in [-0.39, 0.29) is 5.91 Å². The van der Waals surface area contributed by atoms with Crippen LogP contribution in [0.25, 0.3) is 0 Å². The molecule has 1 aliphatic heterocycles. The molecule has 1 fully saturated rings. The van der Waals surface area contributed by atoms with Crippen LogP contribution in [-0.4, -0.2) is 43.0 Å².